The summed E-state index contributed by atoms with van der Waals surface area (Å²) >= 11 is 1.23. The van der Waals surface area contributed by atoms with E-state index in [1.165, 1.54) is 27.8 Å². The number of ether oxygens (including phenoxy) is 1. The normalized spacial score (nSPS) is 15.3. The zero-order chi connectivity index (χ0) is 23.7. The number of rotatable bonds is 5. The van der Waals surface area contributed by atoms with E-state index in [0.717, 1.165) is 11.1 Å². The van der Waals surface area contributed by atoms with Gasteiger partial charge in [0.15, 0.2) is 6.10 Å². The number of benzene rings is 3. The van der Waals surface area contributed by atoms with Crippen molar-refractivity contribution in [1.29, 1.82) is 0 Å². The minimum absolute atomic E-state index is 0.139. The Kier molecular flexibility index (Phi) is 5.76. The minimum atomic E-state index is -3.92. The van der Waals surface area contributed by atoms with Crippen LogP contribution in [-0.2, 0) is 14.8 Å². The molecule has 4 aromatic rings. The molecule has 10 heteroatoms. The number of amides is 1. The highest BCUT2D eigenvalue weighted by Crippen LogP contribution is 2.38. The maximum Gasteiger partial charge on any atom is 0.269 e. The van der Waals surface area contributed by atoms with Gasteiger partial charge in [-0.2, -0.15) is 0 Å². The Labute approximate surface area is 200 Å². The number of nitrogens with zero attached hydrogens (tertiary/aromatic N) is 3. The van der Waals surface area contributed by atoms with Crippen molar-refractivity contribution in [3.63, 3.8) is 0 Å². The van der Waals surface area contributed by atoms with Crippen LogP contribution in [0.15, 0.2) is 83.8 Å². The second-order valence-electron chi connectivity index (χ2n) is 7.69. The Balaban J connectivity index is 1.43. The van der Waals surface area contributed by atoms with Crippen LogP contribution in [0.5, 0.6) is 5.75 Å². The molecule has 0 unspecified atom stereocenters. The molecule has 0 fully saturated rings. The largest absolute Gasteiger partial charge is 0.476 e. The summed E-state index contributed by atoms with van der Waals surface area (Å²) in [6.45, 7) is 1.69. The second kappa shape index (κ2) is 8.88. The Hall–Kier alpha value is -3.76. The van der Waals surface area contributed by atoms with E-state index in [0.29, 0.717) is 21.6 Å². The number of carbonyl (C=O) groups excluding carboxylic acids is 1. The van der Waals surface area contributed by atoms with Crippen LogP contribution in [0.2, 0.25) is 0 Å². The fraction of sp³-hybridized carbons (Fsp3) is 0.125. The molecule has 1 aliphatic rings. The summed E-state index contributed by atoms with van der Waals surface area (Å²) in [6, 6.07) is 22.9. The quantitative estimate of drug-likeness (QED) is 0.450. The monoisotopic (exact) mass is 492 g/mol. The molecule has 5 rings (SSSR count). The highest BCUT2D eigenvalue weighted by molar-refractivity contribution is 7.92. The van der Waals surface area contributed by atoms with E-state index in [4.69, 9.17) is 4.74 Å². The summed E-state index contributed by atoms with van der Waals surface area (Å²) in [5.41, 5.74) is 2.16. The van der Waals surface area contributed by atoms with Crippen LogP contribution in [0.3, 0.4) is 0 Å². The van der Waals surface area contributed by atoms with Gasteiger partial charge in [0.1, 0.15) is 10.8 Å². The van der Waals surface area contributed by atoms with Crippen molar-refractivity contribution in [2.75, 3.05) is 16.2 Å². The van der Waals surface area contributed by atoms with Gasteiger partial charge < -0.3 is 4.74 Å². The summed E-state index contributed by atoms with van der Waals surface area (Å²) in [5.74, 6) is -0.186. The van der Waals surface area contributed by atoms with Gasteiger partial charge in [0.05, 0.1) is 17.1 Å². The van der Waals surface area contributed by atoms with Crippen LogP contribution in [0, 0.1) is 6.92 Å². The van der Waals surface area contributed by atoms with Gasteiger partial charge in [-0.15, -0.1) is 10.2 Å². The number of carbonyl (C=O) groups is 1. The third kappa shape index (κ3) is 4.25. The minimum Gasteiger partial charge on any atom is -0.476 e. The van der Waals surface area contributed by atoms with Crippen LogP contribution in [0.1, 0.15) is 5.56 Å². The van der Waals surface area contributed by atoms with Gasteiger partial charge in [0, 0.05) is 5.56 Å². The van der Waals surface area contributed by atoms with Crippen molar-refractivity contribution in [2.24, 2.45) is 0 Å². The number of anilines is 2. The summed E-state index contributed by atoms with van der Waals surface area (Å²) in [6.07, 6.45) is -1.07. The van der Waals surface area contributed by atoms with Gasteiger partial charge in [0.25, 0.3) is 15.9 Å². The number of hydrogen-bond donors (Lipinski definition) is 1. The van der Waals surface area contributed by atoms with Crippen molar-refractivity contribution in [2.45, 2.75) is 17.9 Å². The zero-order valence-corrected chi connectivity index (χ0v) is 19.7. The van der Waals surface area contributed by atoms with Crippen LogP contribution in [-0.4, -0.2) is 37.2 Å². The van der Waals surface area contributed by atoms with E-state index in [1.54, 1.807) is 30.3 Å². The van der Waals surface area contributed by atoms with Gasteiger partial charge in [-0.05, 0) is 36.8 Å². The molecule has 172 valence electrons. The maximum absolute atomic E-state index is 13.5. The predicted octanol–water partition coefficient (Wildman–Crippen LogP) is 4.11. The lowest BCUT2D eigenvalue weighted by molar-refractivity contribution is -0.122. The third-order valence-electron chi connectivity index (χ3n) is 5.28. The summed E-state index contributed by atoms with van der Waals surface area (Å²) < 4.78 is 34.1. The van der Waals surface area contributed by atoms with Crippen molar-refractivity contribution in [3.05, 3.63) is 84.4 Å². The molecular weight excluding hydrogens is 472 g/mol. The molecule has 3 aromatic carbocycles. The fourth-order valence-corrected chi connectivity index (χ4v) is 5.84. The molecule has 0 bridgehead atoms. The number of aryl methyl sites for hydroxylation is 1. The van der Waals surface area contributed by atoms with Crippen molar-refractivity contribution in [1.82, 2.24) is 10.2 Å². The van der Waals surface area contributed by atoms with E-state index in [2.05, 4.69) is 15.5 Å². The van der Waals surface area contributed by atoms with E-state index >= 15 is 0 Å². The van der Waals surface area contributed by atoms with Gasteiger partial charge in [-0.1, -0.05) is 65.9 Å². The topological polar surface area (TPSA) is 101 Å². The molecule has 1 atom stereocenters. The molecule has 1 aromatic heterocycles. The van der Waals surface area contributed by atoms with Gasteiger partial charge in [-0.3, -0.25) is 14.4 Å². The highest BCUT2D eigenvalue weighted by Gasteiger charge is 2.38. The fourth-order valence-electron chi connectivity index (χ4n) is 3.60. The lowest BCUT2D eigenvalue weighted by Crippen LogP contribution is -2.48. The smallest absolute Gasteiger partial charge is 0.269 e. The first kappa shape index (κ1) is 22.1. The molecule has 1 amide bonds. The Morgan fingerprint density at radius 2 is 1.74 bits per heavy atom. The van der Waals surface area contributed by atoms with E-state index in [-0.39, 0.29) is 11.4 Å². The Morgan fingerprint density at radius 1 is 1.03 bits per heavy atom. The lowest BCUT2D eigenvalue weighted by atomic mass is 10.1. The lowest BCUT2D eigenvalue weighted by Gasteiger charge is -2.34. The molecule has 1 aliphatic heterocycles. The summed E-state index contributed by atoms with van der Waals surface area (Å²) in [4.78, 5) is 13.2. The van der Waals surface area contributed by atoms with Crippen LogP contribution in [0.4, 0.5) is 10.8 Å². The van der Waals surface area contributed by atoms with Crippen molar-refractivity contribution < 1.29 is 17.9 Å². The Bertz CT molecular complexity index is 1440. The molecule has 0 radical (unpaired) electrons. The summed E-state index contributed by atoms with van der Waals surface area (Å²) in [5, 5.41) is 11.9. The second-order valence-corrected chi connectivity index (χ2v) is 10.5. The molecule has 34 heavy (non-hydrogen) atoms. The van der Waals surface area contributed by atoms with Crippen molar-refractivity contribution in [3.8, 4) is 16.3 Å². The summed E-state index contributed by atoms with van der Waals surface area (Å²) in [7, 11) is -3.92. The standard InChI is InChI=1S/C24H20N4O4S2/c1-16-12-13-20-19(14-16)28(34(30,31)18-10-6-3-7-11-18)15-21(32-20)22(29)25-24-27-26-23(33-24)17-8-4-2-5-9-17/h2-14,21H,15H2,1H3,(H,25,27,29)/t21-/m1/s1. The highest BCUT2D eigenvalue weighted by atomic mass is 32.2. The molecule has 0 aliphatic carbocycles. The number of nitrogens with one attached hydrogen (secondary N) is 1. The SMILES string of the molecule is Cc1ccc2c(c1)N(S(=O)(=O)c1ccccc1)C[C@H](C(=O)Nc1nnc(-c3ccccc3)s1)O2. The third-order valence-corrected chi connectivity index (χ3v) is 7.97. The molecule has 0 spiro atoms. The molecule has 8 nitrogen and oxygen atoms in total. The van der Waals surface area contributed by atoms with E-state index in [1.807, 2.05) is 43.3 Å². The van der Waals surface area contributed by atoms with Crippen molar-refractivity contribution >= 4 is 38.1 Å². The molecule has 1 N–H and O–H groups in total. The van der Waals surface area contributed by atoms with Gasteiger partial charge in [-0.25, -0.2) is 8.42 Å². The predicted molar refractivity (Wildman–Crippen MR) is 131 cm³/mol. The number of hydrogen-bond acceptors (Lipinski definition) is 7. The van der Waals surface area contributed by atoms with Crippen LogP contribution in [0.25, 0.3) is 10.6 Å². The number of sulfonamides is 1. The number of fused-ring (bicyclic) bond motifs is 1. The molecule has 0 saturated heterocycles. The Morgan fingerprint density at radius 3 is 2.47 bits per heavy atom. The first-order valence-electron chi connectivity index (χ1n) is 10.5. The first-order chi connectivity index (χ1) is 16.4. The van der Waals surface area contributed by atoms with Gasteiger partial charge >= 0.3 is 0 Å². The van der Waals surface area contributed by atoms with E-state index < -0.39 is 22.0 Å². The van der Waals surface area contributed by atoms with Gasteiger partial charge in [0.2, 0.25) is 5.13 Å². The van der Waals surface area contributed by atoms with Crippen LogP contribution >= 0.6 is 11.3 Å². The average Bonchev–Trinajstić information content (AvgIpc) is 3.33. The van der Waals surface area contributed by atoms with E-state index in [9.17, 15) is 13.2 Å². The maximum atomic E-state index is 13.5. The molecule has 0 saturated carbocycles. The first-order valence-corrected chi connectivity index (χ1v) is 12.7. The van der Waals surface area contributed by atoms with Crippen LogP contribution < -0.4 is 14.4 Å². The number of aromatic nitrogens is 2. The average molecular weight is 493 g/mol. The molecular formula is C24H20N4O4S2. The zero-order valence-electron chi connectivity index (χ0n) is 18.1. The molecule has 2 heterocycles.